The minimum Gasteiger partial charge on any atom is -0.492 e. The lowest BCUT2D eigenvalue weighted by molar-refractivity contribution is -0.00876. The average molecular weight is 532 g/mol. The number of rotatable bonds is 10. The van der Waals surface area contributed by atoms with Gasteiger partial charge in [0.05, 0.1) is 37.3 Å². The Morgan fingerprint density at radius 3 is 2.66 bits per heavy atom. The van der Waals surface area contributed by atoms with Crippen LogP contribution in [0.2, 0.25) is 0 Å². The molecular formula is C28H33N7O2S. The van der Waals surface area contributed by atoms with Crippen molar-refractivity contribution >= 4 is 28.8 Å². The summed E-state index contributed by atoms with van der Waals surface area (Å²) in [5.74, 6) is 3.52. The fourth-order valence-electron chi connectivity index (χ4n) is 5.51. The number of ether oxygens (including phenoxy) is 2. The Kier molecular flexibility index (Phi) is 6.99. The number of pyridine rings is 3. The molecule has 3 aliphatic rings. The van der Waals surface area contributed by atoms with Gasteiger partial charge in [0.1, 0.15) is 11.6 Å². The van der Waals surface area contributed by atoms with Crippen LogP contribution in [0.4, 0.5) is 11.5 Å². The first-order chi connectivity index (χ1) is 18.6. The Hall–Kier alpha value is -3.50. The van der Waals surface area contributed by atoms with Gasteiger partial charge in [0.15, 0.2) is 0 Å². The van der Waals surface area contributed by atoms with Gasteiger partial charge >= 0.3 is 0 Å². The third-order valence-corrected chi connectivity index (χ3v) is 8.17. The van der Waals surface area contributed by atoms with Gasteiger partial charge in [-0.25, -0.2) is 14.5 Å². The first kappa shape index (κ1) is 24.8. The fourth-order valence-corrected chi connectivity index (χ4v) is 5.92. The SMILES string of the molecule is COc1ccc(CN2C3CC2CN(c2ccc(-c4cc(OCCCSC)cn5ncc(N)c45)cn2)C3)cn1. The van der Waals surface area contributed by atoms with Crippen molar-refractivity contribution in [3.8, 4) is 22.8 Å². The van der Waals surface area contributed by atoms with E-state index in [2.05, 4.69) is 44.3 Å². The molecule has 3 saturated heterocycles. The highest BCUT2D eigenvalue weighted by Gasteiger charge is 2.44. The Morgan fingerprint density at radius 1 is 1.08 bits per heavy atom. The highest BCUT2D eigenvalue weighted by atomic mass is 32.2. The molecule has 4 aromatic heterocycles. The summed E-state index contributed by atoms with van der Waals surface area (Å²) in [7, 11) is 1.64. The van der Waals surface area contributed by atoms with Crippen LogP contribution in [-0.2, 0) is 6.54 Å². The smallest absolute Gasteiger partial charge is 0.212 e. The van der Waals surface area contributed by atoms with Crippen molar-refractivity contribution in [2.45, 2.75) is 31.5 Å². The normalized spacial score (nSPS) is 18.9. The Balaban J connectivity index is 1.15. The van der Waals surface area contributed by atoms with Gasteiger partial charge in [-0.2, -0.15) is 16.9 Å². The van der Waals surface area contributed by atoms with Gasteiger partial charge < -0.3 is 20.1 Å². The number of nitrogen functional groups attached to an aromatic ring is 1. The van der Waals surface area contributed by atoms with Crippen molar-refractivity contribution in [2.75, 3.05) is 49.4 Å². The first-order valence-electron chi connectivity index (χ1n) is 13.0. The molecule has 2 N–H and O–H groups in total. The summed E-state index contributed by atoms with van der Waals surface area (Å²) >= 11 is 1.82. The number of piperidine rings is 1. The Labute approximate surface area is 227 Å². The molecule has 0 saturated carbocycles. The maximum absolute atomic E-state index is 6.28. The van der Waals surface area contributed by atoms with E-state index in [-0.39, 0.29) is 0 Å². The van der Waals surface area contributed by atoms with Crippen molar-refractivity contribution < 1.29 is 9.47 Å². The number of nitrogens with two attached hydrogens (primary N) is 1. The number of thioether (sulfide) groups is 1. The molecule has 7 rings (SSSR count). The quantitative estimate of drug-likeness (QED) is 0.305. The summed E-state index contributed by atoms with van der Waals surface area (Å²) in [5, 5.41) is 4.42. The van der Waals surface area contributed by atoms with Crippen LogP contribution >= 0.6 is 11.8 Å². The van der Waals surface area contributed by atoms with Crippen LogP contribution in [0.5, 0.6) is 11.6 Å². The van der Waals surface area contributed by atoms with Crippen molar-refractivity contribution in [1.82, 2.24) is 24.5 Å². The van der Waals surface area contributed by atoms with E-state index in [4.69, 9.17) is 20.2 Å². The van der Waals surface area contributed by atoms with E-state index in [0.717, 1.165) is 60.0 Å². The van der Waals surface area contributed by atoms with Crippen molar-refractivity contribution in [3.05, 3.63) is 60.7 Å². The molecule has 2 unspecified atom stereocenters. The van der Waals surface area contributed by atoms with E-state index in [9.17, 15) is 0 Å². The lowest BCUT2D eigenvalue weighted by atomic mass is 9.87. The molecule has 4 aromatic rings. The van der Waals surface area contributed by atoms with Gasteiger partial charge in [-0.15, -0.1) is 0 Å². The van der Waals surface area contributed by atoms with E-state index in [1.165, 1.54) is 12.0 Å². The van der Waals surface area contributed by atoms with E-state index in [0.29, 0.717) is 30.3 Å². The summed E-state index contributed by atoms with van der Waals surface area (Å²) in [6.45, 7) is 3.55. The van der Waals surface area contributed by atoms with E-state index < -0.39 is 0 Å². The first-order valence-corrected chi connectivity index (χ1v) is 14.4. The number of nitrogens with zero attached hydrogens (tertiary/aromatic N) is 6. The maximum atomic E-state index is 6.28. The molecule has 38 heavy (non-hydrogen) atoms. The Morgan fingerprint density at radius 2 is 1.95 bits per heavy atom. The average Bonchev–Trinajstić information content (AvgIpc) is 3.34. The highest BCUT2D eigenvalue weighted by molar-refractivity contribution is 7.98. The summed E-state index contributed by atoms with van der Waals surface area (Å²) < 4.78 is 13.0. The third-order valence-electron chi connectivity index (χ3n) is 7.48. The fraction of sp³-hybridized carbons (Fsp3) is 0.393. The van der Waals surface area contributed by atoms with Crippen LogP contribution in [0, 0.1) is 0 Å². The largest absolute Gasteiger partial charge is 0.492 e. The predicted octanol–water partition coefficient (Wildman–Crippen LogP) is 3.98. The van der Waals surface area contributed by atoms with Gasteiger partial charge in [-0.05, 0) is 48.6 Å². The molecule has 3 fully saturated rings. The number of piperazine rings is 1. The molecule has 10 heteroatoms. The number of fused-ring (bicyclic) bond motifs is 3. The topological polar surface area (TPSA) is 94.0 Å². The molecule has 9 nitrogen and oxygen atoms in total. The zero-order valence-electron chi connectivity index (χ0n) is 21.8. The minimum atomic E-state index is 0.531. The van der Waals surface area contributed by atoms with E-state index >= 15 is 0 Å². The summed E-state index contributed by atoms with van der Waals surface area (Å²) in [4.78, 5) is 14.2. The van der Waals surface area contributed by atoms with E-state index in [1.807, 2.05) is 42.5 Å². The molecular weight excluding hydrogens is 498 g/mol. The van der Waals surface area contributed by atoms with Gasteiger partial charge in [0, 0.05) is 61.3 Å². The van der Waals surface area contributed by atoms with Gasteiger partial charge in [-0.1, -0.05) is 6.07 Å². The lowest BCUT2D eigenvalue weighted by Gasteiger charge is -2.56. The highest BCUT2D eigenvalue weighted by Crippen LogP contribution is 2.37. The summed E-state index contributed by atoms with van der Waals surface area (Å²) in [6.07, 6.45) is 11.8. The second-order valence-electron chi connectivity index (χ2n) is 9.91. The van der Waals surface area contributed by atoms with Crippen LogP contribution in [0.3, 0.4) is 0 Å². The van der Waals surface area contributed by atoms with Gasteiger partial charge in [0.25, 0.3) is 0 Å². The van der Waals surface area contributed by atoms with E-state index in [1.54, 1.807) is 17.8 Å². The van der Waals surface area contributed by atoms with Crippen molar-refractivity contribution in [1.29, 1.82) is 0 Å². The molecule has 0 aliphatic carbocycles. The number of hydrogen-bond donors (Lipinski definition) is 1. The second kappa shape index (κ2) is 10.7. The van der Waals surface area contributed by atoms with Gasteiger partial charge in [0.2, 0.25) is 5.88 Å². The molecule has 2 atom stereocenters. The van der Waals surface area contributed by atoms with Gasteiger partial charge in [-0.3, -0.25) is 4.90 Å². The summed E-state index contributed by atoms with van der Waals surface area (Å²) in [6, 6.07) is 11.4. The molecule has 7 heterocycles. The standard InChI is InChI=1S/C28H33N7O2S/c1-36-27-7-4-19(12-31-27)15-34-21-10-22(34)17-33(16-21)26-6-5-20(13-30-26)24-11-23(37-8-3-9-38-2)18-35-28(24)25(29)14-32-35/h4-7,11-14,18,21-22H,3,8-10,15-17,29H2,1-2H3. The lowest BCUT2D eigenvalue weighted by Crippen LogP contribution is -2.68. The number of methoxy groups -OCH3 is 1. The van der Waals surface area contributed by atoms with Crippen LogP contribution in [-0.4, -0.2) is 75.4 Å². The third kappa shape index (κ3) is 4.86. The van der Waals surface area contributed by atoms with Crippen molar-refractivity contribution in [2.24, 2.45) is 0 Å². The molecule has 0 amide bonds. The zero-order valence-corrected chi connectivity index (χ0v) is 22.6. The number of hydrogen-bond acceptors (Lipinski definition) is 9. The van der Waals surface area contributed by atoms with Crippen LogP contribution in [0.1, 0.15) is 18.4 Å². The van der Waals surface area contributed by atoms with Crippen LogP contribution in [0.15, 0.2) is 55.1 Å². The Bertz CT molecular complexity index is 1380. The monoisotopic (exact) mass is 531 g/mol. The molecule has 3 aliphatic heterocycles. The number of anilines is 2. The zero-order chi connectivity index (χ0) is 26.1. The number of aromatic nitrogens is 4. The molecule has 0 aromatic carbocycles. The maximum Gasteiger partial charge on any atom is 0.212 e. The van der Waals surface area contributed by atoms with Crippen molar-refractivity contribution in [3.63, 3.8) is 0 Å². The molecule has 0 spiro atoms. The van der Waals surface area contributed by atoms with Crippen LogP contribution in [0.25, 0.3) is 16.6 Å². The molecule has 198 valence electrons. The predicted molar refractivity (Wildman–Crippen MR) is 152 cm³/mol. The van der Waals surface area contributed by atoms with Crippen LogP contribution < -0.4 is 20.1 Å². The minimum absolute atomic E-state index is 0.531. The second-order valence-corrected chi connectivity index (χ2v) is 10.9. The molecule has 2 bridgehead atoms. The summed E-state index contributed by atoms with van der Waals surface area (Å²) in [5.41, 5.74) is 11.0. The molecule has 0 radical (unpaired) electrons.